The number of carbonyl (C=O) groups is 2. The number of fused-ring (bicyclic) bond motifs is 2. The van der Waals surface area contributed by atoms with Crippen molar-refractivity contribution in [1.29, 1.82) is 0 Å². The van der Waals surface area contributed by atoms with E-state index in [1.54, 1.807) is 24.3 Å². The van der Waals surface area contributed by atoms with Gasteiger partial charge in [0.25, 0.3) is 11.8 Å². The predicted octanol–water partition coefficient (Wildman–Crippen LogP) is 3.03. The van der Waals surface area contributed by atoms with Gasteiger partial charge in [0.1, 0.15) is 0 Å². The SMILES string of the molecule is O=C1c2ccccc2C(=O)N1CCCCc1ccc2c(c1)OCO2. The molecule has 2 aromatic rings. The van der Waals surface area contributed by atoms with Crippen molar-refractivity contribution in [2.75, 3.05) is 13.3 Å². The largest absolute Gasteiger partial charge is 0.454 e. The van der Waals surface area contributed by atoms with Crippen LogP contribution in [0.1, 0.15) is 39.1 Å². The number of nitrogens with zero attached hydrogens (tertiary/aromatic N) is 1. The average molecular weight is 323 g/mol. The summed E-state index contributed by atoms with van der Waals surface area (Å²) in [7, 11) is 0. The summed E-state index contributed by atoms with van der Waals surface area (Å²) in [6.07, 6.45) is 2.55. The molecule has 2 amide bonds. The Morgan fingerprint density at radius 1 is 0.875 bits per heavy atom. The van der Waals surface area contributed by atoms with E-state index in [1.807, 2.05) is 18.2 Å². The Morgan fingerprint density at radius 3 is 2.33 bits per heavy atom. The molecule has 2 heterocycles. The van der Waals surface area contributed by atoms with Crippen molar-refractivity contribution in [3.8, 4) is 11.5 Å². The molecule has 5 nitrogen and oxygen atoms in total. The first-order valence-electron chi connectivity index (χ1n) is 8.08. The molecule has 122 valence electrons. The molecule has 0 saturated carbocycles. The molecular weight excluding hydrogens is 306 g/mol. The highest BCUT2D eigenvalue weighted by Crippen LogP contribution is 2.33. The van der Waals surface area contributed by atoms with Crippen LogP contribution in [0.5, 0.6) is 11.5 Å². The van der Waals surface area contributed by atoms with Crippen molar-refractivity contribution < 1.29 is 19.1 Å². The number of ether oxygens (including phenoxy) is 2. The summed E-state index contributed by atoms with van der Waals surface area (Å²) in [4.78, 5) is 25.9. The summed E-state index contributed by atoms with van der Waals surface area (Å²) in [5.41, 5.74) is 2.19. The van der Waals surface area contributed by atoms with E-state index in [0.29, 0.717) is 17.7 Å². The second kappa shape index (κ2) is 6.00. The standard InChI is InChI=1S/C19H17NO4/c21-18-14-6-1-2-7-15(14)19(22)20(18)10-4-3-5-13-8-9-16-17(11-13)24-12-23-16/h1-2,6-9,11H,3-5,10,12H2. The van der Waals surface area contributed by atoms with Gasteiger partial charge in [-0.25, -0.2) is 0 Å². The van der Waals surface area contributed by atoms with E-state index in [2.05, 4.69) is 0 Å². The average Bonchev–Trinajstić information content (AvgIpc) is 3.16. The second-order valence-electron chi connectivity index (χ2n) is 5.95. The lowest BCUT2D eigenvalue weighted by atomic mass is 10.1. The molecule has 0 atom stereocenters. The lowest BCUT2D eigenvalue weighted by Gasteiger charge is -2.13. The Balaban J connectivity index is 1.32. The van der Waals surface area contributed by atoms with E-state index in [0.717, 1.165) is 30.8 Å². The molecule has 0 fully saturated rings. The van der Waals surface area contributed by atoms with Crippen molar-refractivity contribution in [1.82, 2.24) is 4.90 Å². The van der Waals surface area contributed by atoms with Crippen molar-refractivity contribution in [2.24, 2.45) is 0 Å². The van der Waals surface area contributed by atoms with Crippen molar-refractivity contribution >= 4 is 11.8 Å². The fraction of sp³-hybridized carbons (Fsp3) is 0.263. The van der Waals surface area contributed by atoms with Gasteiger partial charge in [-0.2, -0.15) is 0 Å². The minimum Gasteiger partial charge on any atom is -0.454 e. The van der Waals surface area contributed by atoms with Gasteiger partial charge in [0.2, 0.25) is 6.79 Å². The van der Waals surface area contributed by atoms with Gasteiger partial charge in [-0.05, 0) is 49.1 Å². The summed E-state index contributed by atoms with van der Waals surface area (Å²) in [6.45, 7) is 0.732. The summed E-state index contributed by atoms with van der Waals surface area (Å²) in [5, 5.41) is 0. The van der Waals surface area contributed by atoms with Gasteiger partial charge >= 0.3 is 0 Å². The molecular formula is C19H17NO4. The first-order valence-corrected chi connectivity index (χ1v) is 8.08. The molecule has 2 aliphatic rings. The first kappa shape index (κ1) is 14.8. The number of amides is 2. The number of aryl methyl sites for hydroxylation is 1. The third-order valence-electron chi connectivity index (χ3n) is 4.41. The maximum absolute atomic E-state index is 12.3. The highest BCUT2D eigenvalue weighted by molar-refractivity contribution is 6.21. The summed E-state index contributed by atoms with van der Waals surface area (Å²) >= 11 is 0. The zero-order valence-corrected chi connectivity index (χ0v) is 13.2. The normalized spacial score (nSPS) is 15.1. The molecule has 2 aromatic carbocycles. The van der Waals surface area contributed by atoms with Gasteiger partial charge < -0.3 is 9.47 Å². The Kier molecular flexibility index (Phi) is 3.69. The molecule has 0 N–H and O–H groups in total. The maximum atomic E-state index is 12.3. The van der Waals surface area contributed by atoms with Crippen LogP contribution >= 0.6 is 0 Å². The van der Waals surface area contributed by atoms with Crippen LogP contribution in [0.2, 0.25) is 0 Å². The number of carbonyl (C=O) groups excluding carboxylic acids is 2. The smallest absolute Gasteiger partial charge is 0.261 e. The van der Waals surface area contributed by atoms with Gasteiger partial charge in [-0.3, -0.25) is 14.5 Å². The lowest BCUT2D eigenvalue weighted by molar-refractivity contribution is 0.0652. The Hall–Kier alpha value is -2.82. The van der Waals surface area contributed by atoms with Gasteiger partial charge in [-0.15, -0.1) is 0 Å². The lowest BCUT2D eigenvalue weighted by Crippen LogP contribution is -2.30. The van der Waals surface area contributed by atoms with E-state index >= 15 is 0 Å². The number of hydrogen-bond donors (Lipinski definition) is 0. The Bertz CT molecular complexity index is 780. The fourth-order valence-electron chi connectivity index (χ4n) is 3.14. The maximum Gasteiger partial charge on any atom is 0.261 e. The predicted molar refractivity (Wildman–Crippen MR) is 87.3 cm³/mol. The van der Waals surface area contributed by atoms with Crippen LogP contribution in [0, 0.1) is 0 Å². The molecule has 0 bridgehead atoms. The monoisotopic (exact) mass is 323 g/mol. The van der Waals surface area contributed by atoms with Gasteiger partial charge in [0.05, 0.1) is 11.1 Å². The second-order valence-corrected chi connectivity index (χ2v) is 5.95. The molecule has 0 spiro atoms. The highest BCUT2D eigenvalue weighted by Gasteiger charge is 2.34. The molecule has 0 unspecified atom stereocenters. The van der Waals surface area contributed by atoms with Crippen LogP contribution in [0.3, 0.4) is 0 Å². The van der Waals surface area contributed by atoms with Gasteiger partial charge in [0, 0.05) is 6.54 Å². The van der Waals surface area contributed by atoms with E-state index in [1.165, 1.54) is 10.5 Å². The Labute approximate surface area is 139 Å². The zero-order chi connectivity index (χ0) is 16.5. The molecule has 4 rings (SSSR count). The number of benzene rings is 2. The summed E-state index contributed by atoms with van der Waals surface area (Å²) in [6, 6.07) is 12.9. The molecule has 5 heteroatoms. The summed E-state index contributed by atoms with van der Waals surface area (Å²) in [5.74, 6) is 1.20. The number of imide groups is 1. The summed E-state index contributed by atoms with van der Waals surface area (Å²) < 4.78 is 10.7. The van der Waals surface area contributed by atoms with Crippen LogP contribution in [0.25, 0.3) is 0 Å². The molecule has 24 heavy (non-hydrogen) atoms. The van der Waals surface area contributed by atoms with Gasteiger partial charge in [0.15, 0.2) is 11.5 Å². The van der Waals surface area contributed by atoms with Gasteiger partial charge in [-0.1, -0.05) is 18.2 Å². The van der Waals surface area contributed by atoms with Crippen molar-refractivity contribution in [3.63, 3.8) is 0 Å². The van der Waals surface area contributed by atoms with Crippen molar-refractivity contribution in [3.05, 3.63) is 59.2 Å². The van der Waals surface area contributed by atoms with Crippen LogP contribution in [-0.4, -0.2) is 30.1 Å². The molecule has 0 saturated heterocycles. The molecule has 0 aliphatic carbocycles. The Morgan fingerprint density at radius 2 is 1.58 bits per heavy atom. The molecule has 2 aliphatic heterocycles. The van der Waals surface area contributed by atoms with E-state index in [9.17, 15) is 9.59 Å². The highest BCUT2D eigenvalue weighted by atomic mass is 16.7. The number of unbranched alkanes of at least 4 members (excludes halogenated alkanes) is 1. The van der Waals surface area contributed by atoms with Crippen LogP contribution in [-0.2, 0) is 6.42 Å². The van der Waals surface area contributed by atoms with Crippen LogP contribution < -0.4 is 9.47 Å². The van der Waals surface area contributed by atoms with Crippen molar-refractivity contribution in [2.45, 2.75) is 19.3 Å². The zero-order valence-electron chi connectivity index (χ0n) is 13.2. The quantitative estimate of drug-likeness (QED) is 0.627. The fourth-order valence-corrected chi connectivity index (χ4v) is 3.14. The van der Waals surface area contributed by atoms with Crippen LogP contribution in [0.15, 0.2) is 42.5 Å². The van der Waals surface area contributed by atoms with E-state index in [-0.39, 0.29) is 18.6 Å². The minimum absolute atomic E-state index is 0.182. The first-order chi connectivity index (χ1) is 11.7. The minimum atomic E-state index is -0.182. The third kappa shape index (κ3) is 2.52. The number of hydrogen-bond acceptors (Lipinski definition) is 4. The molecule has 0 radical (unpaired) electrons. The molecule has 0 aromatic heterocycles. The van der Waals surface area contributed by atoms with Crippen LogP contribution in [0.4, 0.5) is 0 Å². The third-order valence-corrected chi connectivity index (χ3v) is 4.41. The number of rotatable bonds is 5. The topological polar surface area (TPSA) is 55.8 Å². The van der Waals surface area contributed by atoms with E-state index in [4.69, 9.17) is 9.47 Å². The van der Waals surface area contributed by atoms with E-state index < -0.39 is 0 Å².